The minimum Gasteiger partial charge on any atom is -0.497 e. The summed E-state index contributed by atoms with van der Waals surface area (Å²) in [4.78, 5) is 0.192. The number of benzene rings is 1. The molecule has 0 saturated heterocycles. The molecule has 0 amide bonds. The fourth-order valence-electron chi connectivity index (χ4n) is 2.33. The predicted molar refractivity (Wildman–Crippen MR) is 85.9 cm³/mol. The maximum absolute atomic E-state index is 13.0. The first-order chi connectivity index (χ1) is 10.5. The van der Waals surface area contributed by atoms with Crippen molar-refractivity contribution in [2.45, 2.75) is 37.6 Å². The van der Waals surface area contributed by atoms with Gasteiger partial charge in [-0.25, -0.2) is 8.42 Å². The molecular weight excluding hydrogens is 302 g/mol. The van der Waals surface area contributed by atoms with E-state index in [9.17, 15) is 8.42 Å². The zero-order chi connectivity index (χ0) is 16.2. The average Bonchev–Trinajstić information content (AvgIpc) is 2.50. The molecule has 0 saturated carbocycles. The van der Waals surface area contributed by atoms with Crippen molar-refractivity contribution in [2.75, 3.05) is 20.3 Å². The lowest BCUT2D eigenvalue weighted by Gasteiger charge is -2.25. The molecule has 22 heavy (non-hydrogen) atoms. The molecule has 5 nitrogen and oxygen atoms in total. The number of allylic oxidation sites excluding steroid dienone is 1. The number of sulfonamides is 1. The van der Waals surface area contributed by atoms with Crippen molar-refractivity contribution in [1.29, 1.82) is 0 Å². The molecule has 0 aliphatic carbocycles. The Morgan fingerprint density at radius 2 is 2.05 bits per heavy atom. The van der Waals surface area contributed by atoms with Crippen LogP contribution < -0.4 is 9.47 Å². The first-order valence-corrected chi connectivity index (χ1v) is 8.88. The van der Waals surface area contributed by atoms with Crippen LogP contribution in [-0.4, -0.2) is 39.0 Å². The largest absolute Gasteiger partial charge is 0.497 e. The molecule has 1 heterocycles. The molecule has 0 fully saturated rings. The van der Waals surface area contributed by atoms with E-state index in [4.69, 9.17) is 9.47 Å². The lowest BCUT2D eigenvalue weighted by molar-refractivity contribution is 0.300. The van der Waals surface area contributed by atoms with E-state index in [1.807, 2.05) is 26.0 Å². The topological polar surface area (TPSA) is 55.8 Å². The zero-order valence-corrected chi connectivity index (χ0v) is 14.1. The highest BCUT2D eigenvalue weighted by atomic mass is 32.2. The third kappa shape index (κ3) is 3.62. The van der Waals surface area contributed by atoms with Crippen LogP contribution in [0.5, 0.6) is 11.5 Å². The van der Waals surface area contributed by atoms with Gasteiger partial charge >= 0.3 is 0 Å². The molecule has 6 heteroatoms. The van der Waals surface area contributed by atoms with Crippen molar-refractivity contribution in [2.24, 2.45) is 0 Å². The van der Waals surface area contributed by atoms with Crippen LogP contribution in [0.4, 0.5) is 0 Å². The fourth-order valence-corrected chi connectivity index (χ4v) is 4.04. The quantitative estimate of drug-likeness (QED) is 0.785. The molecule has 1 aromatic carbocycles. The van der Waals surface area contributed by atoms with Gasteiger partial charge in [-0.1, -0.05) is 12.2 Å². The summed E-state index contributed by atoms with van der Waals surface area (Å²) in [7, 11) is -2.07. The van der Waals surface area contributed by atoms with Crippen molar-refractivity contribution in [3.63, 3.8) is 0 Å². The number of hydrogen-bond donors (Lipinski definition) is 0. The fraction of sp³-hybridized carbons (Fsp3) is 0.500. The van der Waals surface area contributed by atoms with Crippen LogP contribution in [-0.2, 0) is 10.0 Å². The van der Waals surface area contributed by atoms with Gasteiger partial charge in [-0.05, 0) is 38.8 Å². The highest BCUT2D eigenvalue weighted by Gasteiger charge is 2.29. The van der Waals surface area contributed by atoms with Crippen molar-refractivity contribution in [1.82, 2.24) is 4.31 Å². The molecular formula is C16H23NO4S. The second-order valence-electron chi connectivity index (χ2n) is 5.44. The minimum atomic E-state index is -3.62. The maximum Gasteiger partial charge on any atom is 0.247 e. The second kappa shape index (κ2) is 7.15. The van der Waals surface area contributed by atoms with E-state index in [2.05, 4.69) is 0 Å². The van der Waals surface area contributed by atoms with Gasteiger partial charge in [0.25, 0.3) is 0 Å². The number of fused-ring (bicyclic) bond motifs is 1. The van der Waals surface area contributed by atoms with Crippen molar-refractivity contribution < 1.29 is 17.9 Å². The Morgan fingerprint density at radius 3 is 2.73 bits per heavy atom. The first kappa shape index (κ1) is 16.8. The summed E-state index contributed by atoms with van der Waals surface area (Å²) in [6.45, 7) is 4.58. The monoisotopic (exact) mass is 325 g/mol. The summed E-state index contributed by atoms with van der Waals surface area (Å²) in [5.41, 5.74) is 0. The van der Waals surface area contributed by atoms with Crippen molar-refractivity contribution in [3.8, 4) is 11.5 Å². The molecule has 0 N–H and O–H groups in total. The lowest BCUT2D eigenvalue weighted by atomic mass is 10.3. The van der Waals surface area contributed by atoms with Gasteiger partial charge in [-0.15, -0.1) is 0 Å². The average molecular weight is 325 g/mol. The van der Waals surface area contributed by atoms with Gasteiger partial charge in [-0.2, -0.15) is 4.31 Å². The van der Waals surface area contributed by atoms with Crippen LogP contribution in [0.2, 0.25) is 0 Å². The van der Waals surface area contributed by atoms with Crippen LogP contribution in [0.3, 0.4) is 0 Å². The Bertz CT molecular complexity index is 638. The molecule has 1 aliphatic heterocycles. The third-order valence-corrected chi connectivity index (χ3v) is 5.62. The van der Waals surface area contributed by atoms with Gasteiger partial charge < -0.3 is 9.47 Å². The standard InChI is InChI=1S/C16H23NO4S/c1-13(2)17-10-6-4-5-7-11-21-15-12-14(20-3)8-9-16(15)22(17,18)19/h4,6,8-9,12-13H,5,7,10-11H2,1-3H3/b6-4-. The summed E-state index contributed by atoms with van der Waals surface area (Å²) in [5.74, 6) is 0.935. The Morgan fingerprint density at radius 1 is 1.27 bits per heavy atom. The van der Waals surface area contributed by atoms with Gasteiger partial charge in [0.05, 0.1) is 13.7 Å². The van der Waals surface area contributed by atoms with Crippen LogP contribution in [0, 0.1) is 0 Å². The molecule has 122 valence electrons. The van der Waals surface area contributed by atoms with Crippen LogP contribution in [0.1, 0.15) is 26.7 Å². The SMILES string of the molecule is COc1ccc2c(c1)OCCC/C=C\CN(C(C)C)S2(=O)=O. The molecule has 2 rings (SSSR count). The van der Waals surface area contributed by atoms with E-state index < -0.39 is 10.0 Å². The maximum atomic E-state index is 13.0. The Labute approximate surface area is 132 Å². The Kier molecular flexibility index (Phi) is 5.47. The normalized spacial score (nSPS) is 20.5. The summed E-state index contributed by atoms with van der Waals surface area (Å²) < 4.78 is 38.3. The van der Waals surface area contributed by atoms with Crippen LogP contribution in [0.15, 0.2) is 35.2 Å². The van der Waals surface area contributed by atoms with Gasteiger partial charge in [-0.3, -0.25) is 0 Å². The van der Waals surface area contributed by atoms with Gasteiger partial charge in [0.1, 0.15) is 16.4 Å². The molecule has 0 atom stereocenters. The summed E-state index contributed by atoms with van der Waals surface area (Å²) in [5, 5.41) is 0. The van der Waals surface area contributed by atoms with E-state index in [1.165, 1.54) is 4.31 Å². The summed E-state index contributed by atoms with van der Waals surface area (Å²) >= 11 is 0. The number of nitrogens with zero attached hydrogens (tertiary/aromatic N) is 1. The molecule has 0 spiro atoms. The van der Waals surface area contributed by atoms with Gasteiger partial charge in [0.2, 0.25) is 10.0 Å². The van der Waals surface area contributed by atoms with E-state index >= 15 is 0 Å². The zero-order valence-electron chi connectivity index (χ0n) is 13.3. The number of hydrogen-bond acceptors (Lipinski definition) is 4. The number of rotatable bonds is 2. The van der Waals surface area contributed by atoms with Crippen LogP contribution >= 0.6 is 0 Å². The Balaban J connectivity index is 2.54. The minimum absolute atomic E-state index is 0.134. The predicted octanol–water partition coefficient (Wildman–Crippen LogP) is 2.82. The van der Waals surface area contributed by atoms with Crippen molar-refractivity contribution in [3.05, 3.63) is 30.4 Å². The first-order valence-electron chi connectivity index (χ1n) is 7.44. The second-order valence-corrected chi connectivity index (χ2v) is 7.30. The molecule has 0 bridgehead atoms. The summed E-state index contributed by atoms with van der Waals surface area (Å²) in [6, 6.07) is 4.70. The molecule has 0 unspecified atom stereocenters. The number of methoxy groups -OCH3 is 1. The third-order valence-electron chi connectivity index (χ3n) is 3.54. The summed E-state index contributed by atoms with van der Waals surface area (Å²) in [6.07, 6.45) is 5.62. The lowest BCUT2D eigenvalue weighted by Crippen LogP contribution is -2.37. The van der Waals surface area contributed by atoms with E-state index in [1.54, 1.807) is 25.3 Å². The van der Waals surface area contributed by atoms with E-state index in [0.29, 0.717) is 24.7 Å². The highest BCUT2D eigenvalue weighted by Crippen LogP contribution is 2.32. The van der Waals surface area contributed by atoms with Crippen molar-refractivity contribution >= 4 is 10.0 Å². The molecule has 0 aromatic heterocycles. The Hall–Kier alpha value is -1.53. The number of ether oxygens (including phenoxy) is 2. The van der Waals surface area contributed by atoms with Gasteiger partial charge in [0.15, 0.2) is 0 Å². The van der Waals surface area contributed by atoms with Crippen LogP contribution in [0.25, 0.3) is 0 Å². The van der Waals surface area contributed by atoms with E-state index in [-0.39, 0.29) is 10.9 Å². The smallest absolute Gasteiger partial charge is 0.247 e. The molecule has 1 aromatic rings. The molecule has 1 aliphatic rings. The highest BCUT2D eigenvalue weighted by molar-refractivity contribution is 7.89. The van der Waals surface area contributed by atoms with E-state index in [0.717, 1.165) is 12.8 Å². The van der Waals surface area contributed by atoms with Gasteiger partial charge in [0, 0.05) is 18.7 Å². The molecule has 0 radical (unpaired) electrons.